The Kier molecular flexibility index (Phi) is 4.76. The lowest BCUT2D eigenvalue weighted by atomic mass is 9.84. The van der Waals surface area contributed by atoms with Gasteiger partial charge in [-0.3, -0.25) is 0 Å². The normalized spacial score (nSPS) is 20.6. The van der Waals surface area contributed by atoms with Crippen molar-refractivity contribution in [3.05, 3.63) is 35.6 Å². The molecule has 1 aliphatic carbocycles. The molecule has 1 fully saturated rings. The van der Waals surface area contributed by atoms with E-state index >= 15 is 0 Å². The first-order chi connectivity index (χ1) is 8.66. The van der Waals surface area contributed by atoms with E-state index in [0.29, 0.717) is 12.1 Å². The van der Waals surface area contributed by atoms with Crippen LogP contribution in [0.1, 0.15) is 57.6 Å². The Bertz CT molecular complexity index is 354. The van der Waals surface area contributed by atoms with E-state index in [9.17, 15) is 4.39 Å². The fraction of sp³-hybridized carbons (Fsp3) is 0.625. The summed E-state index contributed by atoms with van der Waals surface area (Å²) in [6.07, 6.45) is 6.86. The molecule has 1 aromatic carbocycles. The maximum atomic E-state index is 12.9. The van der Waals surface area contributed by atoms with E-state index in [-0.39, 0.29) is 5.82 Å². The van der Waals surface area contributed by atoms with Crippen LogP contribution in [0, 0.1) is 11.7 Å². The number of benzene rings is 1. The Morgan fingerprint density at radius 3 is 2.28 bits per heavy atom. The maximum absolute atomic E-state index is 12.9. The molecule has 1 N–H and O–H groups in total. The molecule has 0 spiro atoms. The summed E-state index contributed by atoms with van der Waals surface area (Å²) in [7, 11) is 0. The second kappa shape index (κ2) is 6.33. The van der Waals surface area contributed by atoms with Gasteiger partial charge in [-0.2, -0.15) is 0 Å². The highest BCUT2D eigenvalue weighted by Gasteiger charge is 2.21. The van der Waals surface area contributed by atoms with Crippen LogP contribution in [0.25, 0.3) is 0 Å². The van der Waals surface area contributed by atoms with Crippen molar-refractivity contribution in [2.24, 2.45) is 5.92 Å². The van der Waals surface area contributed by atoms with Crippen LogP contribution in [0.4, 0.5) is 4.39 Å². The molecule has 0 amide bonds. The average Bonchev–Trinajstić information content (AvgIpc) is 2.40. The van der Waals surface area contributed by atoms with Gasteiger partial charge in [0.15, 0.2) is 0 Å². The summed E-state index contributed by atoms with van der Waals surface area (Å²) in [5.41, 5.74) is 1.17. The summed E-state index contributed by atoms with van der Waals surface area (Å²) in [4.78, 5) is 0. The summed E-state index contributed by atoms with van der Waals surface area (Å²) in [5, 5.41) is 3.66. The smallest absolute Gasteiger partial charge is 0.123 e. The Labute approximate surface area is 110 Å². The minimum Gasteiger partial charge on any atom is -0.307 e. The highest BCUT2D eigenvalue weighted by atomic mass is 19.1. The van der Waals surface area contributed by atoms with Gasteiger partial charge in [-0.25, -0.2) is 4.39 Å². The van der Waals surface area contributed by atoms with E-state index in [1.165, 1.54) is 37.7 Å². The number of nitrogens with one attached hydrogen (secondary N) is 1. The van der Waals surface area contributed by atoms with E-state index in [4.69, 9.17) is 0 Å². The van der Waals surface area contributed by atoms with Gasteiger partial charge in [0.2, 0.25) is 0 Å². The topological polar surface area (TPSA) is 12.0 Å². The molecule has 1 saturated carbocycles. The lowest BCUT2D eigenvalue weighted by Crippen LogP contribution is -2.36. The number of rotatable bonds is 4. The molecular formula is C16H24FN. The van der Waals surface area contributed by atoms with Crippen molar-refractivity contribution in [1.29, 1.82) is 0 Å². The van der Waals surface area contributed by atoms with Crippen LogP contribution in [-0.2, 0) is 0 Å². The van der Waals surface area contributed by atoms with Crippen LogP contribution in [-0.4, -0.2) is 6.04 Å². The maximum Gasteiger partial charge on any atom is 0.123 e. The summed E-state index contributed by atoms with van der Waals surface area (Å²) in [5.74, 6) is 0.646. The third kappa shape index (κ3) is 3.55. The molecule has 0 saturated heterocycles. The van der Waals surface area contributed by atoms with Gasteiger partial charge in [0.25, 0.3) is 0 Å². The van der Waals surface area contributed by atoms with E-state index in [1.54, 1.807) is 12.1 Å². The van der Waals surface area contributed by atoms with Crippen LogP contribution >= 0.6 is 0 Å². The van der Waals surface area contributed by atoms with Gasteiger partial charge in [0.05, 0.1) is 0 Å². The summed E-state index contributed by atoms with van der Waals surface area (Å²) >= 11 is 0. The molecule has 0 aliphatic heterocycles. The van der Waals surface area contributed by atoms with Gasteiger partial charge in [-0.1, -0.05) is 31.4 Å². The minimum atomic E-state index is -0.161. The fourth-order valence-electron chi connectivity index (χ4n) is 3.01. The molecule has 1 aliphatic rings. The van der Waals surface area contributed by atoms with Crippen molar-refractivity contribution in [2.45, 2.75) is 58.0 Å². The van der Waals surface area contributed by atoms with Gasteiger partial charge in [0, 0.05) is 12.1 Å². The zero-order valence-corrected chi connectivity index (χ0v) is 11.5. The standard InChI is InChI=1S/C16H24FN/c1-12(14-6-4-3-5-7-14)18-13(2)15-8-10-16(17)11-9-15/h8-14,18H,3-7H2,1-2H3/t12?,13-/m1/s1. The fourth-order valence-corrected chi connectivity index (χ4v) is 3.01. The Balaban J connectivity index is 1.89. The molecule has 18 heavy (non-hydrogen) atoms. The van der Waals surface area contributed by atoms with Crippen LogP contribution in [0.15, 0.2) is 24.3 Å². The highest BCUT2D eigenvalue weighted by molar-refractivity contribution is 5.19. The molecule has 0 bridgehead atoms. The van der Waals surface area contributed by atoms with Crippen LogP contribution in [0.2, 0.25) is 0 Å². The molecule has 2 atom stereocenters. The number of hydrogen-bond acceptors (Lipinski definition) is 1. The molecule has 1 aromatic rings. The zero-order chi connectivity index (χ0) is 13.0. The molecule has 0 heterocycles. The first kappa shape index (κ1) is 13.5. The minimum absolute atomic E-state index is 0.161. The lowest BCUT2D eigenvalue weighted by molar-refractivity contribution is 0.268. The van der Waals surface area contributed by atoms with Gasteiger partial charge >= 0.3 is 0 Å². The van der Waals surface area contributed by atoms with E-state index in [1.807, 2.05) is 12.1 Å². The van der Waals surface area contributed by atoms with Crippen LogP contribution in [0.3, 0.4) is 0 Å². The number of halogens is 1. The quantitative estimate of drug-likeness (QED) is 0.831. The number of hydrogen-bond donors (Lipinski definition) is 1. The Hall–Kier alpha value is -0.890. The molecular weight excluding hydrogens is 225 g/mol. The molecule has 2 heteroatoms. The summed E-state index contributed by atoms with van der Waals surface area (Å²) in [6, 6.07) is 7.67. The third-order valence-electron chi connectivity index (χ3n) is 4.24. The Morgan fingerprint density at radius 2 is 1.67 bits per heavy atom. The Morgan fingerprint density at radius 1 is 1.06 bits per heavy atom. The lowest BCUT2D eigenvalue weighted by Gasteiger charge is -2.30. The second-order valence-corrected chi connectivity index (χ2v) is 5.63. The van der Waals surface area contributed by atoms with Gasteiger partial charge in [-0.15, -0.1) is 0 Å². The molecule has 0 radical (unpaired) electrons. The van der Waals surface area contributed by atoms with Crippen molar-refractivity contribution in [2.75, 3.05) is 0 Å². The van der Waals surface area contributed by atoms with Crippen LogP contribution < -0.4 is 5.32 Å². The highest BCUT2D eigenvalue weighted by Crippen LogP contribution is 2.27. The predicted molar refractivity (Wildman–Crippen MR) is 74.0 cm³/mol. The molecule has 1 nitrogen and oxygen atoms in total. The van der Waals surface area contributed by atoms with Crippen molar-refractivity contribution in [1.82, 2.24) is 5.32 Å². The summed E-state index contributed by atoms with van der Waals surface area (Å²) < 4.78 is 12.9. The van der Waals surface area contributed by atoms with Crippen molar-refractivity contribution < 1.29 is 4.39 Å². The van der Waals surface area contributed by atoms with E-state index < -0.39 is 0 Å². The largest absolute Gasteiger partial charge is 0.307 e. The first-order valence-corrected chi connectivity index (χ1v) is 7.18. The predicted octanol–water partition coefficient (Wildman–Crippen LogP) is 4.45. The van der Waals surface area contributed by atoms with Gasteiger partial charge in [0.1, 0.15) is 5.82 Å². The van der Waals surface area contributed by atoms with Crippen molar-refractivity contribution >= 4 is 0 Å². The molecule has 1 unspecified atom stereocenters. The van der Waals surface area contributed by atoms with Gasteiger partial charge < -0.3 is 5.32 Å². The SMILES string of the molecule is CC(N[C@H](C)c1ccc(F)cc1)C1CCCCC1. The van der Waals surface area contributed by atoms with Crippen molar-refractivity contribution in [3.8, 4) is 0 Å². The van der Waals surface area contributed by atoms with Gasteiger partial charge in [-0.05, 0) is 50.3 Å². The monoisotopic (exact) mass is 249 g/mol. The van der Waals surface area contributed by atoms with Crippen LogP contribution in [0.5, 0.6) is 0 Å². The average molecular weight is 249 g/mol. The van der Waals surface area contributed by atoms with E-state index in [2.05, 4.69) is 19.2 Å². The zero-order valence-electron chi connectivity index (χ0n) is 11.5. The molecule has 0 aromatic heterocycles. The first-order valence-electron chi connectivity index (χ1n) is 7.18. The third-order valence-corrected chi connectivity index (χ3v) is 4.24. The summed E-state index contributed by atoms with van der Waals surface area (Å²) in [6.45, 7) is 4.45. The molecule has 100 valence electrons. The second-order valence-electron chi connectivity index (χ2n) is 5.63. The van der Waals surface area contributed by atoms with Crippen molar-refractivity contribution in [3.63, 3.8) is 0 Å². The molecule has 2 rings (SSSR count). The van der Waals surface area contributed by atoms with E-state index in [0.717, 1.165) is 5.92 Å².